The van der Waals surface area contributed by atoms with Gasteiger partial charge >= 0.3 is 6.03 Å². The molecule has 0 radical (unpaired) electrons. The number of carbonyl (C=O) groups excluding carboxylic acids is 2. The Kier molecular flexibility index (Phi) is 7.36. The number of benzene rings is 1. The van der Waals surface area contributed by atoms with Crippen LogP contribution < -0.4 is 10.6 Å². The number of hydrogen-bond acceptors (Lipinski definition) is 4. The van der Waals surface area contributed by atoms with Crippen molar-refractivity contribution in [1.29, 1.82) is 0 Å². The molecule has 2 N–H and O–H groups in total. The quantitative estimate of drug-likeness (QED) is 0.741. The third-order valence-corrected chi connectivity index (χ3v) is 5.06. The first kappa shape index (κ1) is 20.9. The zero-order valence-electron chi connectivity index (χ0n) is 16.6. The maximum Gasteiger partial charge on any atom is 0.322 e. The second-order valence-corrected chi connectivity index (χ2v) is 7.74. The van der Waals surface area contributed by atoms with Gasteiger partial charge in [0.1, 0.15) is 10.7 Å². The van der Waals surface area contributed by atoms with Gasteiger partial charge in [0.25, 0.3) is 5.91 Å². The highest BCUT2D eigenvalue weighted by Gasteiger charge is 2.21. The summed E-state index contributed by atoms with van der Waals surface area (Å²) in [6.45, 7) is 10.9. The summed E-state index contributed by atoms with van der Waals surface area (Å²) in [6.07, 6.45) is 0.877. The van der Waals surface area contributed by atoms with Gasteiger partial charge in [-0.15, -0.1) is 11.3 Å². The number of anilines is 1. The highest BCUT2D eigenvalue weighted by molar-refractivity contribution is 7.09. The van der Waals surface area contributed by atoms with Crippen LogP contribution in [0.5, 0.6) is 0 Å². The number of amides is 3. The third-order valence-electron chi connectivity index (χ3n) is 4.22. The maximum atomic E-state index is 12.9. The van der Waals surface area contributed by atoms with Crippen molar-refractivity contribution < 1.29 is 9.59 Å². The van der Waals surface area contributed by atoms with Crippen LogP contribution in [0, 0.1) is 13.8 Å². The maximum absolute atomic E-state index is 12.9. The normalized spacial score (nSPS) is 10.7. The average molecular weight is 389 g/mol. The van der Waals surface area contributed by atoms with Crippen molar-refractivity contribution in [3.63, 3.8) is 0 Å². The molecule has 3 amide bonds. The first-order valence-corrected chi connectivity index (χ1v) is 10.1. The lowest BCUT2D eigenvalue weighted by Crippen LogP contribution is -2.39. The van der Waals surface area contributed by atoms with E-state index in [0.29, 0.717) is 18.8 Å². The Bertz CT molecular complexity index is 781. The minimum atomic E-state index is -0.172. The van der Waals surface area contributed by atoms with Gasteiger partial charge < -0.3 is 15.5 Å². The van der Waals surface area contributed by atoms with Crippen molar-refractivity contribution >= 4 is 29.0 Å². The molecule has 0 saturated carbocycles. The second-order valence-electron chi connectivity index (χ2n) is 6.80. The summed E-state index contributed by atoms with van der Waals surface area (Å²) in [6, 6.07) is 5.75. The third kappa shape index (κ3) is 5.53. The van der Waals surface area contributed by atoms with Crippen LogP contribution in [0.25, 0.3) is 0 Å². The molecule has 0 fully saturated rings. The number of hydrogen-bond donors (Lipinski definition) is 2. The molecule has 1 heterocycles. The highest BCUT2D eigenvalue weighted by Crippen LogP contribution is 2.21. The molecule has 27 heavy (non-hydrogen) atoms. The summed E-state index contributed by atoms with van der Waals surface area (Å²) >= 11 is 1.39. The van der Waals surface area contributed by atoms with E-state index in [4.69, 9.17) is 0 Å². The van der Waals surface area contributed by atoms with Crippen LogP contribution in [0.4, 0.5) is 10.5 Å². The molecular weight excluding hydrogens is 360 g/mol. The Balaban J connectivity index is 2.10. The molecule has 0 aliphatic heterocycles. The number of urea groups is 1. The molecule has 6 nitrogen and oxygen atoms in total. The van der Waals surface area contributed by atoms with Gasteiger partial charge in [-0.2, -0.15) is 0 Å². The van der Waals surface area contributed by atoms with E-state index in [9.17, 15) is 9.59 Å². The number of nitrogens with zero attached hydrogens (tertiary/aromatic N) is 2. The predicted octanol–water partition coefficient (Wildman–Crippen LogP) is 4.34. The monoisotopic (exact) mass is 388 g/mol. The number of nitrogens with one attached hydrogen (secondary N) is 2. The molecule has 2 aromatic rings. The zero-order valence-corrected chi connectivity index (χ0v) is 17.4. The summed E-state index contributed by atoms with van der Waals surface area (Å²) < 4.78 is 0. The van der Waals surface area contributed by atoms with Crippen LogP contribution in [-0.4, -0.2) is 34.4 Å². The summed E-state index contributed by atoms with van der Waals surface area (Å²) in [5.41, 5.74) is 3.29. The molecule has 0 spiro atoms. The summed E-state index contributed by atoms with van der Waals surface area (Å²) in [4.78, 5) is 31.0. The van der Waals surface area contributed by atoms with Crippen LogP contribution in [0.15, 0.2) is 23.6 Å². The van der Waals surface area contributed by atoms with Crippen LogP contribution in [0.1, 0.15) is 53.8 Å². The van der Waals surface area contributed by atoms with E-state index in [0.717, 1.165) is 28.2 Å². The van der Waals surface area contributed by atoms with Crippen LogP contribution in [0.2, 0.25) is 0 Å². The van der Waals surface area contributed by atoms with Crippen LogP contribution >= 0.6 is 11.3 Å². The number of para-hydroxylation sites is 1. The van der Waals surface area contributed by atoms with Gasteiger partial charge in [-0.25, -0.2) is 9.78 Å². The largest absolute Gasteiger partial charge is 0.351 e. The summed E-state index contributed by atoms with van der Waals surface area (Å²) in [7, 11) is 0. The standard InChI is InChI=1S/C20H28N4O2S/c1-6-10-21-19(25)16-12-27-17(22-16)11-24(13(2)3)20(26)23-18-14(4)8-7-9-15(18)5/h7-9,12-13H,6,10-11H2,1-5H3,(H,21,25)(H,23,26). The lowest BCUT2D eigenvalue weighted by molar-refractivity contribution is 0.0949. The molecule has 146 valence electrons. The fraction of sp³-hybridized carbons (Fsp3) is 0.450. The first-order valence-electron chi connectivity index (χ1n) is 9.19. The molecule has 7 heteroatoms. The van der Waals surface area contributed by atoms with E-state index in [1.54, 1.807) is 10.3 Å². The molecule has 0 aliphatic rings. The van der Waals surface area contributed by atoms with Crippen molar-refractivity contribution in [3.8, 4) is 0 Å². The van der Waals surface area contributed by atoms with E-state index in [1.807, 2.05) is 52.8 Å². The number of aromatic nitrogens is 1. The van der Waals surface area contributed by atoms with E-state index in [2.05, 4.69) is 15.6 Å². The van der Waals surface area contributed by atoms with Crippen LogP contribution in [0.3, 0.4) is 0 Å². The van der Waals surface area contributed by atoms with Gasteiger partial charge in [-0.1, -0.05) is 25.1 Å². The molecule has 0 unspecified atom stereocenters. The highest BCUT2D eigenvalue weighted by atomic mass is 32.1. The minimum absolute atomic E-state index is 0.00408. The van der Waals surface area contributed by atoms with Crippen molar-refractivity contribution in [3.05, 3.63) is 45.4 Å². The average Bonchev–Trinajstić information content (AvgIpc) is 3.09. The van der Waals surface area contributed by atoms with Crippen molar-refractivity contribution in [2.75, 3.05) is 11.9 Å². The lowest BCUT2D eigenvalue weighted by atomic mass is 10.1. The Morgan fingerprint density at radius 1 is 1.22 bits per heavy atom. The molecule has 0 saturated heterocycles. The smallest absolute Gasteiger partial charge is 0.322 e. The number of rotatable bonds is 7. The summed E-state index contributed by atoms with van der Waals surface area (Å²) in [5.74, 6) is -0.171. The molecule has 1 aromatic heterocycles. The fourth-order valence-corrected chi connectivity index (χ4v) is 3.41. The van der Waals surface area contributed by atoms with Crippen molar-refractivity contribution in [1.82, 2.24) is 15.2 Å². The van der Waals surface area contributed by atoms with E-state index < -0.39 is 0 Å². The van der Waals surface area contributed by atoms with Gasteiger partial charge in [0, 0.05) is 23.7 Å². The Morgan fingerprint density at radius 2 is 1.89 bits per heavy atom. The first-order chi connectivity index (χ1) is 12.8. The van der Waals surface area contributed by atoms with Crippen LogP contribution in [-0.2, 0) is 6.54 Å². The molecular formula is C20H28N4O2S. The van der Waals surface area contributed by atoms with Gasteiger partial charge in [0.15, 0.2) is 0 Å². The Labute approximate surface area is 165 Å². The lowest BCUT2D eigenvalue weighted by Gasteiger charge is -2.27. The van der Waals surface area contributed by atoms with Gasteiger partial charge in [-0.3, -0.25) is 4.79 Å². The molecule has 0 aliphatic carbocycles. The minimum Gasteiger partial charge on any atom is -0.351 e. The number of aryl methyl sites for hydroxylation is 2. The Hall–Kier alpha value is -2.41. The van der Waals surface area contributed by atoms with E-state index in [-0.39, 0.29) is 18.0 Å². The molecule has 0 bridgehead atoms. The zero-order chi connectivity index (χ0) is 20.0. The number of thiazole rings is 1. The predicted molar refractivity (Wildman–Crippen MR) is 110 cm³/mol. The number of carbonyl (C=O) groups is 2. The molecule has 1 aromatic carbocycles. The van der Waals surface area contributed by atoms with Gasteiger partial charge in [0.05, 0.1) is 6.54 Å². The molecule has 2 rings (SSSR count). The topological polar surface area (TPSA) is 74.3 Å². The molecule has 0 atom stereocenters. The van der Waals surface area contributed by atoms with E-state index >= 15 is 0 Å². The van der Waals surface area contributed by atoms with Crippen molar-refractivity contribution in [2.24, 2.45) is 0 Å². The Morgan fingerprint density at radius 3 is 2.48 bits per heavy atom. The van der Waals surface area contributed by atoms with Crippen molar-refractivity contribution in [2.45, 2.75) is 53.6 Å². The second kappa shape index (κ2) is 9.50. The SMILES string of the molecule is CCCNC(=O)c1csc(CN(C(=O)Nc2c(C)cccc2C)C(C)C)n1. The summed E-state index contributed by atoms with van der Waals surface area (Å²) in [5, 5.41) is 8.32. The fourth-order valence-electron chi connectivity index (χ4n) is 2.64. The van der Waals surface area contributed by atoms with Gasteiger partial charge in [0.2, 0.25) is 0 Å². The van der Waals surface area contributed by atoms with Gasteiger partial charge in [-0.05, 0) is 45.2 Å². The van der Waals surface area contributed by atoms with E-state index in [1.165, 1.54) is 11.3 Å².